The zero-order chi connectivity index (χ0) is 20.0. The molecule has 1 unspecified atom stereocenters. The minimum atomic E-state index is -3.63. The van der Waals surface area contributed by atoms with Crippen LogP contribution in [0.25, 0.3) is 0 Å². The summed E-state index contributed by atoms with van der Waals surface area (Å²) in [6, 6.07) is 0. The standard InChI is InChI=1S/C22H40ClNO2S/c1-2-3-4-5-6-7-8-9-10-11-12-13-14-15-18-22(24)19-16-21(17-20-22)27(23,25)26/h16-17,19H,2-15,18,20,24H2,1H3. The number of hydrogen-bond acceptors (Lipinski definition) is 3. The Morgan fingerprint density at radius 2 is 1.33 bits per heavy atom. The van der Waals surface area contributed by atoms with E-state index in [-0.39, 0.29) is 4.91 Å². The number of rotatable bonds is 16. The largest absolute Gasteiger partial charge is 0.322 e. The molecule has 0 fully saturated rings. The molecule has 2 N–H and O–H groups in total. The van der Waals surface area contributed by atoms with E-state index in [2.05, 4.69) is 6.92 Å². The predicted molar refractivity (Wildman–Crippen MR) is 118 cm³/mol. The second kappa shape index (κ2) is 13.8. The molecule has 1 aliphatic rings. The minimum Gasteiger partial charge on any atom is -0.322 e. The Kier molecular flexibility index (Phi) is 12.6. The van der Waals surface area contributed by atoms with Crippen LogP contribution in [0.2, 0.25) is 0 Å². The van der Waals surface area contributed by atoms with Gasteiger partial charge >= 0.3 is 0 Å². The average Bonchev–Trinajstić information content (AvgIpc) is 2.61. The summed E-state index contributed by atoms with van der Waals surface area (Å²) in [5.74, 6) is 0. The zero-order valence-electron chi connectivity index (χ0n) is 17.2. The lowest BCUT2D eigenvalue weighted by molar-refractivity contribution is 0.449. The van der Waals surface area contributed by atoms with Crippen molar-refractivity contribution in [1.29, 1.82) is 0 Å². The van der Waals surface area contributed by atoms with Gasteiger partial charge in [0.05, 0.1) is 4.91 Å². The van der Waals surface area contributed by atoms with Crippen LogP contribution < -0.4 is 5.73 Å². The van der Waals surface area contributed by atoms with Gasteiger partial charge in [-0.3, -0.25) is 0 Å². The predicted octanol–water partition coefficient (Wildman–Crippen LogP) is 6.97. The van der Waals surface area contributed by atoms with Crippen molar-refractivity contribution in [3.63, 3.8) is 0 Å². The van der Waals surface area contributed by atoms with E-state index in [0.29, 0.717) is 6.42 Å². The molecule has 0 heterocycles. The van der Waals surface area contributed by atoms with Crippen molar-refractivity contribution in [2.24, 2.45) is 5.73 Å². The van der Waals surface area contributed by atoms with E-state index in [0.717, 1.165) is 12.8 Å². The maximum absolute atomic E-state index is 11.3. The van der Waals surface area contributed by atoms with Gasteiger partial charge in [0.1, 0.15) is 0 Å². The molecule has 27 heavy (non-hydrogen) atoms. The molecule has 1 atom stereocenters. The highest BCUT2D eigenvalue weighted by Gasteiger charge is 2.25. The van der Waals surface area contributed by atoms with Crippen LogP contribution in [-0.2, 0) is 9.05 Å². The van der Waals surface area contributed by atoms with Crippen LogP contribution in [0.3, 0.4) is 0 Å². The van der Waals surface area contributed by atoms with Crippen molar-refractivity contribution >= 4 is 19.7 Å². The Morgan fingerprint density at radius 1 is 0.889 bits per heavy atom. The topological polar surface area (TPSA) is 60.2 Å². The Balaban J connectivity index is 1.94. The highest BCUT2D eigenvalue weighted by atomic mass is 35.7. The molecule has 0 aromatic rings. The third-order valence-corrected chi connectivity index (χ3v) is 6.94. The molecule has 0 saturated heterocycles. The second-order valence-corrected chi connectivity index (χ2v) is 10.7. The fourth-order valence-electron chi connectivity index (χ4n) is 3.69. The lowest BCUT2D eigenvalue weighted by Crippen LogP contribution is -2.38. The van der Waals surface area contributed by atoms with Gasteiger partial charge in [-0.2, -0.15) is 0 Å². The molecule has 3 nitrogen and oxygen atoms in total. The van der Waals surface area contributed by atoms with Gasteiger partial charge in [0.2, 0.25) is 0 Å². The van der Waals surface area contributed by atoms with Crippen LogP contribution in [0.15, 0.2) is 23.1 Å². The number of allylic oxidation sites excluding steroid dienone is 1. The first kappa shape index (κ1) is 24.7. The summed E-state index contributed by atoms with van der Waals surface area (Å²) in [4.78, 5) is 0.172. The lowest BCUT2D eigenvalue weighted by Gasteiger charge is -2.27. The van der Waals surface area contributed by atoms with E-state index >= 15 is 0 Å². The van der Waals surface area contributed by atoms with Gasteiger partial charge in [0, 0.05) is 16.2 Å². The van der Waals surface area contributed by atoms with Gasteiger partial charge < -0.3 is 5.73 Å². The molecule has 0 aromatic heterocycles. The SMILES string of the molecule is CCCCCCCCCCCCCCCCC1(N)C=CC(S(=O)(=O)Cl)=CC1. The quantitative estimate of drug-likeness (QED) is 0.218. The molecule has 0 saturated carbocycles. The molecule has 1 aliphatic carbocycles. The highest BCUT2D eigenvalue weighted by molar-refractivity contribution is 8.17. The lowest BCUT2D eigenvalue weighted by atomic mass is 9.87. The van der Waals surface area contributed by atoms with Crippen molar-refractivity contribution in [1.82, 2.24) is 0 Å². The van der Waals surface area contributed by atoms with Gasteiger partial charge in [-0.05, 0) is 18.9 Å². The highest BCUT2D eigenvalue weighted by Crippen LogP contribution is 2.28. The van der Waals surface area contributed by atoms with E-state index in [9.17, 15) is 8.42 Å². The van der Waals surface area contributed by atoms with Crippen LogP contribution in [0.4, 0.5) is 0 Å². The third-order valence-electron chi connectivity index (χ3n) is 5.54. The Hall–Kier alpha value is -0.320. The Bertz CT molecular complexity index is 557. The van der Waals surface area contributed by atoms with Gasteiger partial charge in [-0.1, -0.05) is 109 Å². The van der Waals surface area contributed by atoms with Crippen molar-refractivity contribution in [2.45, 2.75) is 115 Å². The summed E-state index contributed by atoms with van der Waals surface area (Å²) < 4.78 is 22.6. The van der Waals surface area contributed by atoms with Crippen LogP contribution in [0.1, 0.15) is 110 Å². The molecule has 0 bridgehead atoms. The number of halogens is 1. The first-order valence-electron chi connectivity index (χ1n) is 11.0. The summed E-state index contributed by atoms with van der Waals surface area (Å²) in [6.45, 7) is 2.27. The van der Waals surface area contributed by atoms with Gasteiger partial charge in [-0.25, -0.2) is 8.42 Å². The summed E-state index contributed by atoms with van der Waals surface area (Å²) in [7, 11) is 1.72. The van der Waals surface area contributed by atoms with E-state index in [4.69, 9.17) is 16.4 Å². The van der Waals surface area contributed by atoms with Crippen LogP contribution in [0, 0.1) is 0 Å². The Labute approximate surface area is 172 Å². The van der Waals surface area contributed by atoms with E-state index < -0.39 is 14.6 Å². The molecule has 0 radical (unpaired) electrons. The number of nitrogens with two attached hydrogens (primary N) is 1. The van der Waals surface area contributed by atoms with Crippen LogP contribution in [-0.4, -0.2) is 14.0 Å². The van der Waals surface area contributed by atoms with Crippen LogP contribution in [0.5, 0.6) is 0 Å². The fraction of sp³-hybridized carbons (Fsp3) is 0.818. The van der Waals surface area contributed by atoms with Crippen molar-refractivity contribution in [3.8, 4) is 0 Å². The molecule has 0 amide bonds. The van der Waals surface area contributed by atoms with Gasteiger partial charge in [0.25, 0.3) is 9.05 Å². The maximum atomic E-state index is 11.3. The summed E-state index contributed by atoms with van der Waals surface area (Å²) in [5.41, 5.74) is 5.93. The zero-order valence-corrected chi connectivity index (χ0v) is 18.8. The minimum absolute atomic E-state index is 0.172. The molecule has 0 aromatic carbocycles. The molecular formula is C22H40ClNO2S. The van der Waals surface area contributed by atoms with E-state index in [1.807, 2.05) is 6.08 Å². The monoisotopic (exact) mass is 417 g/mol. The number of hydrogen-bond donors (Lipinski definition) is 1. The molecule has 158 valence electrons. The summed E-state index contributed by atoms with van der Waals surface area (Å²) >= 11 is 0. The summed E-state index contributed by atoms with van der Waals surface area (Å²) in [6.07, 6.45) is 25.3. The first-order valence-corrected chi connectivity index (χ1v) is 13.3. The van der Waals surface area contributed by atoms with Crippen molar-refractivity contribution in [2.75, 3.05) is 0 Å². The Morgan fingerprint density at radius 3 is 1.70 bits per heavy atom. The smallest absolute Gasteiger partial charge is 0.260 e. The van der Waals surface area contributed by atoms with Crippen molar-refractivity contribution in [3.05, 3.63) is 23.1 Å². The average molecular weight is 418 g/mol. The van der Waals surface area contributed by atoms with Crippen molar-refractivity contribution < 1.29 is 8.42 Å². The molecule has 5 heteroatoms. The fourth-order valence-corrected chi connectivity index (χ4v) is 4.55. The molecular weight excluding hydrogens is 378 g/mol. The molecule has 1 rings (SSSR count). The normalized spacial score (nSPS) is 20.0. The van der Waals surface area contributed by atoms with E-state index in [1.165, 1.54) is 83.5 Å². The molecule has 0 aliphatic heterocycles. The van der Waals surface area contributed by atoms with E-state index in [1.54, 1.807) is 12.2 Å². The van der Waals surface area contributed by atoms with Gasteiger partial charge in [-0.15, -0.1) is 0 Å². The number of unbranched alkanes of at least 4 members (excludes halogenated alkanes) is 13. The maximum Gasteiger partial charge on any atom is 0.260 e. The second-order valence-electron chi connectivity index (χ2n) is 8.16. The first-order chi connectivity index (χ1) is 12.9. The van der Waals surface area contributed by atoms with Crippen LogP contribution >= 0.6 is 10.7 Å². The third kappa shape index (κ3) is 12.0. The molecule has 0 spiro atoms. The van der Waals surface area contributed by atoms with Gasteiger partial charge in [0.15, 0.2) is 0 Å². The summed E-state index contributed by atoms with van der Waals surface area (Å²) in [5, 5.41) is 0.